The van der Waals surface area contributed by atoms with Crippen LogP contribution in [0.25, 0.3) is 0 Å². The van der Waals surface area contributed by atoms with Gasteiger partial charge in [-0.2, -0.15) is 0 Å². The Kier molecular flexibility index (Phi) is 6.91. The van der Waals surface area contributed by atoms with Gasteiger partial charge in [-0.3, -0.25) is 14.9 Å². The Morgan fingerprint density at radius 1 is 1.17 bits per heavy atom. The van der Waals surface area contributed by atoms with Gasteiger partial charge >= 0.3 is 0 Å². The van der Waals surface area contributed by atoms with Gasteiger partial charge in [-0.05, 0) is 41.5 Å². The minimum absolute atomic E-state index is 0.0311. The summed E-state index contributed by atoms with van der Waals surface area (Å²) in [6.07, 6.45) is 0. The molecule has 106 valence electrons. The molecule has 0 aromatic heterocycles. The molecule has 0 saturated carbocycles. The first-order valence-corrected chi connectivity index (χ1v) is 6.54. The average molecular weight is 257 g/mol. The summed E-state index contributed by atoms with van der Waals surface area (Å²) in [5.41, 5.74) is -0.245. The highest BCUT2D eigenvalue weighted by molar-refractivity contribution is 5.83. The van der Waals surface area contributed by atoms with Crippen LogP contribution in [0.15, 0.2) is 0 Å². The Morgan fingerprint density at radius 2 is 1.67 bits per heavy atom. The first-order chi connectivity index (χ1) is 8.21. The Morgan fingerprint density at radius 3 is 2.06 bits per heavy atom. The molecule has 0 aromatic rings. The van der Waals surface area contributed by atoms with Gasteiger partial charge in [0.15, 0.2) is 0 Å². The SMILES string of the molecule is CCN(CC)C(=O)C(C)NCC(=O)NC(C)(C)C. The van der Waals surface area contributed by atoms with Crippen molar-refractivity contribution in [3.05, 3.63) is 0 Å². The van der Waals surface area contributed by atoms with Crippen molar-refractivity contribution in [1.82, 2.24) is 15.5 Å². The van der Waals surface area contributed by atoms with Crippen molar-refractivity contribution in [1.29, 1.82) is 0 Å². The second kappa shape index (κ2) is 7.36. The third-order valence-electron chi connectivity index (χ3n) is 2.53. The molecule has 0 bridgehead atoms. The van der Waals surface area contributed by atoms with Crippen molar-refractivity contribution in [2.75, 3.05) is 19.6 Å². The summed E-state index contributed by atoms with van der Waals surface area (Å²) < 4.78 is 0. The van der Waals surface area contributed by atoms with Crippen molar-refractivity contribution in [2.45, 2.75) is 53.1 Å². The number of nitrogens with one attached hydrogen (secondary N) is 2. The van der Waals surface area contributed by atoms with Crippen LogP contribution in [-0.2, 0) is 9.59 Å². The number of amides is 2. The van der Waals surface area contributed by atoms with Crippen LogP contribution < -0.4 is 10.6 Å². The summed E-state index contributed by atoms with van der Waals surface area (Å²) in [5, 5.41) is 5.79. The first-order valence-electron chi connectivity index (χ1n) is 6.54. The van der Waals surface area contributed by atoms with Gasteiger partial charge in [0.05, 0.1) is 12.6 Å². The third kappa shape index (κ3) is 6.59. The molecule has 0 aliphatic rings. The van der Waals surface area contributed by atoms with E-state index in [0.717, 1.165) is 0 Å². The second-order valence-corrected chi connectivity index (χ2v) is 5.41. The molecule has 0 rings (SSSR count). The molecule has 0 spiro atoms. The standard InChI is InChI=1S/C13H27N3O2/c1-7-16(8-2)12(18)10(3)14-9-11(17)15-13(4,5)6/h10,14H,7-9H2,1-6H3,(H,15,17). The summed E-state index contributed by atoms with van der Waals surface area (Å²) in [6.45, 7) is 13.0. The molecule has 2 amide bonds. The molecule has 0 heterocycles. The van der Waals surface area contributed by atoms with E-state index in [2.05, 4.69) is 10.6 Å². The lowest BCUT2D eigenvalue weighted by molar-refractivity contribution is -0.132. The predicted octanol–water partition coefficient (Wildman–Crippen LogP) is 0.748. The smallest absolute Gasteiger partial charge is 0.239 e. The van der Waals surface area contributed by atoms with Gasteiger partial charge in [-0.15, -0.1) is 0 Å². The van der Waals surface area contributed by atoms with Crippen molar-refractivity contribution in [3.63, 3.8) is 0 Å². The molecule has 5 nitrogen and oxygen atoms in total. The van der Waals surface area contributed by atoms with E-state index in [0.29, 0.717) is 13.1 Å². The highest BCUT2D eigenvalue weighted by Crippen LogP contribution is 1.98. The van der Waals surface area contributed by atoms with Gasteiger partial charge < -0.3 is 10.2 Å². The number of carbonyl (C=O) groups excluding carboxylic acids is 2. The minimum Gasteiger partial charge on any atom is -0.350 e. The molecule has 0 aliphatic carbocycles. The van der Waals surface area contributed by atoms with Gasteiger partial charge in [0.1, 0.15) is 0 Å². The van der Waals surface area contributed by atoms with E-state index in [9.17, 15) is 9.59 Å². The molecule has 2 N–H and O–H groups in total. The van der Waals surface area contributed by atoms with Crippen LogP contribution in [-0.4, -0.2) is 47.9 Å². The largest absolute Gasteiger partial charge is 0.350 e. The fourth-order valence-electron chi connectivity index (χ4n) is 1.60. The Hall–Kier alpha value is -1.10. The second-order valence-electron chi connectivity index (χ2n) is 5.41. The maximum atomic E-state index is 11.9. The van der Waals surface area contributed by atoms with E-state index in [1.54, 1.807) is 11.8 Å². The third-order valence-corrected chi connectivity index (χ3v) is 2.53. The number of nitrogens with zero attached hydrogens (tertiary/aromatic N) is 1. The molecular weight excluding hydrogens is 230 g/mol. The molecule has 0 fully saturated rings. The molecule has 5 heteroatoms. The van der Waals surface area contributed by atoms with Gasteiger partial charge in [0.25, 0.3) is 0 Å². The van der Waals surface area contributed by atoms with Gasteiger partial charge in [-0.25, -0.2) is 0 Å². The van der Waals surface area contributed by atoms with Crippen molar-refractivity contribution in [2.24, 2.45) is 0 Å². The van der Waals surface area contributed by atoms with Crippen LogP contribution in [0.4, 0.5) is 0 Å². The fraction of sp³-hybridized carbons (Fsp3) is 0.846. The zero-order valence-corrected chi connectivity index (χ0v) is 12.5. The maximum Gasteiger partial charge on any atom is 0.239 e. The lowest BCUT2D eigenvalue weighted by Gasteiger charge is -2.24. The van der Waals surface area contributed by atoms with Crippen molar-refractivity contribution >= 4 is 11.8 Å². The molecule has 1 atom stereocenters. The quantitative estimate of drug-likeness (QED) is 0.738. The fourth-order valence-corrected chi connectivity index (χ4v) is 1.60. The number of hydrogen-bond acceptors (Lipinski definition) is 3. The summed E-state index contributed by atoms with van der Waals surface area (Å²) in [6, 6.07) is -0.337. The minimum atomic E-state index is -0.337. The van der Waals surface area contributed by atoms with Crippen LogP contribution in [0.5, 0.6) is 0 Å². The van der Waals surface area contributed by atoms with E-state index < -0.39 is 0 Å². The van der Waals surface area contributed by atoms with E-state index >= 15 is 0 Å². The monoisotopic (exact) mass is 257 g/mol. The van der Waals surface area contributed by atoms with Crippen LogP contribution >= 0.6 is 0 Å². The van der Waals surface area contributed by atoms with Gasteiger partial charge in [0.2, 0.25) is 11.8 Å². The highest BCUT2D eigenvalue weighted by Gasteiger charge is 2.19. The molecule has 0 radical (unpaired) electrons. The van der Waals surface area contributed by atoms with E-state index in [4.69, 9.17) is 0 Å². The number of rotatable bonds is 6. The predicted molar refractivity (Wildman–Crippen MR) is 73.3 cm³/mol. The number of carbonyl (C=O) groups is 2. The summed E-state index contributed by atoms with van der Waals surface area (Å²) in [5.74, 6) is -0.0646. The maximum absolute atomic E-state index is 11.9. The molecular formula is C13H27N3O2. The number of hydrogen-bond donors (Lipinski definition) is 2. The molecule has 0 saturated heterocycles. The lowest BCUT2D eigenvalue weighted by atomic mass is 10.1. The summed E-state index contributed by atoms with van der Waals surface area (Å²) in [7, 11) is 0. The lowest BCUT2D eigenvalue weighted by Crippen LogP contribution is -2.50. The topological polar surface area (TPSA) is 61.4 Å². The normalized spacial score (nSPS) is 13.0. The van der Waals surface area contributed by atoms with Gasteiger partial charge in [-0.1, -0.05) is 0 Å². The van der Waals surface area contributed by atoms with Crippen LogP contribution in [0.2, 0.25) is 0 Å². The Labute approximate surface area is 110 Å². The molecule has 1 unspecified atom stereocenters. The summed E-state index contributed by atoms with van der Waals surface area (Å²) in [4.78, 5) is 25.3. The molecule has 18 heavy (non-hydrogen) atoms. The first kappa shape index (κ1) is 16.9. The van der Waals surface area contributed by atoms with E-state index in [-0.39, 0.29) is 29.9 Å². The molecule has 0 aliphatic heterocycles. The van der Waals surface area contributed by atoms with Crippen LogP contribution in [0.3, 0.4) is 0 Å². The number of likely N-dealkylation sites (N-methyl/N-ethyl adjacent to an activating group) is 1. The average Bonchev–Trinajstić information content (AvgIpc) is 2.25. The van der Waals surface area contributed by atoms with E-state index in [1.165, 1.54) is 0 Å². The summed E-state index contributed by atoms with van der Waals surface area (Å²) >= 11 is 0. The zero-order valence-electron chi connectivity index (χ0n) is 12.5. The van der Waals surface area contributed by atoms with Crippen molar-refractivity contribution < 1.29 is 9.59 Å². The highest BCUT2D eigenvalue weighted by atomic mass is 16.2. The van der Waals surface area contributed by atoms with Gasteiger partial charge in [0, 0.05) is 18.6 Å². The van der Waals surface area contributed by atoms with Crippen LogP contribution in [0.1, 0.15) is 41.5 Å². The Balaban J connectivity index is 4.14. The molecule has 0 aromatic carbocycles. The Bertz CT molecular complexity index is 280. The van der Waals surface area contributed by atoms with Crippen LogP contribution in [0, 0.1) is 0 Å². The van der Waals surface area contributed by atoms with Crippen molar-refractivity contribution in [3.8, 4) is 0 Å². The zero-order chi connectivity index (χ0) is 14.3. The van der Waals surface area contributed by atoms with E-state index in [1.807, 2.05) is 34.6 Å².